The first kappa shape index (κ1) is 33.2. The van der Waals surface area contributed by atoms with Crippen LogP contribution < -0.4 is 16.2 Å². The van der Waals surface area contributed by atoms with Gasteiger partial charge in [-0.05, 0) is 61.0 Å². The minimum absolute atomic E-state index is 0.0651. The number of fused-ring (bicyclic) bond motifs is 2. The second-order valence-electron chi connectivity index (χ2n) is 8.83. The number of nitrogens with two attached hydrogens (primary N) is 2. The first-order chi connectivity index (χ1) is 20.7. The smallest absolute Gasteiger partial charge is 0.305 e. The van der Waals surface area contributed by atoms with E-state index in [0.29, 0.717) is 59.8 Å². The second kappa shape index (κ2) is 14.0. The molecule has 3 aromatic carbocycles. The topological polar surface area (TPSA) is 184 Å². The summed E-state index contributed by atoms with van der Waals surface area (Å²) in [4.78, 5) is 19.4. The van der Waals surface area contributed by atoms with Gasteiger partial charge in [0.2, 0.25) is 0 Å². The number of hydrogen-bond acceptors (Lipinski definition) is 12. The van der Waals surface area contributed by atoms with Gasteiger partial charge in [-0.1, -0.05) is 46.1 Å². The summed E-state index contributed by atoms with van der Waals surface area (Å²) < 4.78 is 56.3. The predicted molar refractivity (Wildman–Crippen MR) is 176 cm³/mol. The number of halogens is 2. The van der Waals surface area contributed by atoms with Crippen molar-refractivity contribution in [3.8, 4) is 11.8 Å². The minimum atomic E-state index is -3.86. The predicted octanol–water partition coefficient (Wildman–Crippen LogP) is 5.83. The molecule has 17 heteroatoms. The molecule has 0 saturated heterocycles. The van der Waals surface area contributed by atoms with Gasteiger partial charge in [0.05, 0.1) is 48.6 Å². The monoisotopic (exact) mass is 711 g/mol. The number of hydrogen-bond donors (Lipinski definition) is 3. The minimum Gasteiger partial charge on any atom is -0.469 e. The number of carbonyl (C=O) groups is 1. The van der Waals surface area contributed by atoms with Gasteiger partial charge in [-0.15, -0.1) is 0 Å². The summed E-state index contributed by atoms with van der Waals surface area (Å²) in [7, 11) is -1.02. The molecule has 5 aromatic rings. The van der Waals surface area contributed by atoms with E-state index in [9.17, 15) is 21.6 Å². The van der Waals surface area contributed by atoms with Crippen molar-refractivity contribution >= 4 is 106 Å². The second-order valence-corrected chi connectivity index (χ2v) is 15.6. The molecule has 5 rings (SSSR count). The van der Waals surface area contributed by atoms with Crippen LogP contribution in [0.15, 0.2) is 64.4 Å². The van der Waals surface area contributed by atoms with Gasteiger partial charge in [0.1, 0.15) is 0 Å². The van der Waals surface area contributed by atoms with Crippen LogP contribution >= 0.6 is 45.0 Å². The van der Waals surface area contributed by atoms with Crippen LogP contribution in [-0.4, -0.2) is 39.9 Å². The maximum Gasteiger partial charge on any atom is 0.305 e. The molecule has 2 aromatic heterocycles. The fraction of sp³-hybridized carbons (Fsp3) is 0.148. The summed E-state index contributed by atoms with van der Waals surface area (Å²) >= 11 is 8.49. The molecular formula is C27H23Cl2N5O6S4. The Morgan fingerprint density at radius 2 is 1.52 bits per heavy atom. The lowest BCUT2D eigenvalue weighted by Crippen LogP contribution is -2.13. The molecule has 0 aliphatic rings. The standard InChI is InChI=1S/C20H18ClN3O4S2.C7H5ClN2O2S2/c1-28-19(25)6-4-2-3-5-13-11-14(21)7-9-16(13)24-30(26,27)15-8-10-17-18(12-15)29-20(22)23-17;8-14(11,12)4-1-2-5-6(3-4)13-7(9)10-5/h7-12,24H,2,4,6H2,1H3,(H2,22,23);1-3H,(H2,9,10). The third kappa shape index (κ3) is 8.72. The molecule has 0 saturated carbocycles. The van der Waals surface area contributed by atoms with Crippen molar-refractivity contribution in [2.24, 2.45) is 0 Å². The number of ether oxygens (including phenoxy) is 1. The van der Waals surface area contributed by atoms with E-state index in [4.69, 9.17) is 33.8 Å². The van der Waals surface area contributed by atoms with E-state index >= 15 is 0 Å². The number of rotatable bonds is 7. The molecule has 0 radical (unpaired) electrons. The third-order valence-corrected chi connectivity index (χ3v) is 10.3. The lowest BCUT2D eigenvalue weighted by molar-refractivity contribution is -0.140. The number of aromatic nitrogens is 2. The van der Waals surface area contributed by atoms with Crippen molar-refractivity contribution in [3.05, 3.63) is 65.2 Å². The number of methoxy groups -OCH3 is 1. The Morgan fingerprint density at radius 1 is 0.932 bits per heavy atom. The van der Waals surface area contributed by atoms with Crippen LogP contribution in [0.2, 0.25) is 5.02 Å². The largest absolute Gasteiger partial charge is 0.469 e. The Bertz CT molecular complexity index is 2140. The Labute approximate surface area is 270 Å². The van der Waals surface area contributed by atoms with Crippen molar-refractivity contribution in [3.63, 3.8) is 0 Å². The number of carbonyl (C=O) groups excluding carboxylic acids is 1. The number of benzene rings is 3. The van der Waals surface area contributed by atoms with E-state index in [1.807, 2.05) is 0 Å². The Balaban J connectivity index is 0.000000262. The molecule has 0 fully saturated rings. The van der Waals surface area contributed by atoms with Gasteiger partial charge in [-0.25, -0.2) is 26.8 Å². The highest BCUT2D eigenvalue weighted by atomic mass is 35.7. The Morgan fingerprint density at radius 3 is 2.11 bits per heavy atom. The van der Waals surface area contributed by atoms with Crippen LogP contribution in [0.25, 0.3) is 20.4 Å². The average molecular weight is 713 g/mol. The summed E-state index contributed by atoms with van der Waals surface area (Å²) in [6.45, 7) is 0. The molecule has 0 spiro atoms. The molecule has 2 heterocycles. The summed E-state index contributed by atoms with van der Waals surface area (Å²) in [5.41, 5.74) is 13.2. The van der Waals surface area contributed by atoms with E-state index in [1.165, 1.54) is 54.0 Å². The zero-order chi connectivity index (χ0) is 32.1. The molecule has 0 atom stereocenters. The maximum absolute atomic E-state index is 12.9. The number of nitrogens with zero attached hydrogens (tertiary/aromatic N) is 2. The van der Waals surface area contributed by atoms with Crippen LogP contribution in [0.1, 0.15) is 24.8 Å². The van der Waals surface area contributed by atoms with Gasteiger partial charge in [0.25, 0.3) is 19.1 Å². The zero-order valence-electron chi connectivity index (χ0n) is 22.7. The molecular weight excluding hydrogens is 690 g/mol. The SMILES string of the molecule is COC(=O)CCCC#Cc1cc(Cl)ccc1NS(=O)(=O)c1ccc2nc(N)sc2c1.Nc1nc2ccc(S(=O)(=O)Cl)cc2s1. The van der Waals surface area contributed by atoms with Crippen LogP contribution in [-0.2, 0) is 28.6 Å². The first-order valence-corrected chi connectivity index (χ1v) is 18.2. The number of sulfonamides is 1. The van der Waals surface area contributed by atoms with Crippen molar-refractivity contribution in [2.45, 2.75) is 29.1 Å². The van der Waals surface area contributed by atoms with E-state index in [2.05, 4.69) is 31.3 Å². The number of thiazole rings is 2. The van der Waals surface area contributed by atoms with E-state index in [1.54, 1.807) is 30.3 Å². The number of nitrogens with one attached hydrogen (secondary N) is 1. The molecule has 230 valence electrons. The summed E-state index contributed by atoms with van der Waals surface area (Å²) in [6, 6.07) is 13.8. The number of nitrogen functional groups attached to an aromatic ring is 2. The van der Waals surface area contributed by atoms with Gasteiger partial charge >= 0.3 is 5.97 Å². The van der Waals surface area contributed by atoms with E-state index in [-0.39, 0.29) is 22.2 Å². The van der Waals surface area contributed by atoms with Crippen LogP contribution in [0.3, 0.4) is 0 Å². The molecule has 0 aliphatic carbocycles. The van der Waals surface area contributed by atoms with Gasteiger partial charge in [0.15, 0.2) is 10.3 Å². The third-order valence-electron chi connectivity index (χ3n) is 5.70. The highest BCUT2D eigenvalue weighted by Crippen LogP contribution is 2.29. The highest BCUT2D eigenvalue weighted by Gasteiger charge is 2.18. The summed E-state index contributed by atoms with van der Waals surface area (Å²) in [5, 5.41) is 1.21. The molecule has 11 nitrogen and oxygen atoms in total. The lowest BCUT2D eigenvalue weighted by atomic mass is 10.1. The van der Waals surface area contributed by atoms with Crippen molar-refractivity contribution < 1.29 is 26.4 Å². The Hall–Kier alpha value is -3.65. The van der Waals surface area contributed by atoms with Crippen molar-refractivity contribution in [1.82, 2.24) is 9.97 Å². The highest BCUT2D eigenvalue weighted by molar-refractivity contribution is 8.13. The molecule has 0 unspecified atom stereocenters. The lowest BCUT2D eigenvalue weighted by Gasteiger charge is -2.10. The fourth-order valence-electron chi connectivity index (χ4n) is 3.66. The van der Waals surface area contributed by atoms with Crippen LogP contribution in [0.5, 0.6) is 0 Å². The number of unbranched alkanes of at least 4 members (excludes halogenated alkanes) is 1. The molecule has 0 bridgehead atoms. The average Bonchev–Trinajstić information content (AvgIpc) is 3.53. The number of esters is 1. The molecule has 0 aliphatic heterocycles. The fourth-order valence-corrected chi connectivity index (χ4v) is 7.41. The van der Waals surface area contributed by atoms with Crippen molar-refractivity contribution in [2.75, 3.05) is 23.3 Å². The van der Waals surface area contributed by atoms with E-state index in [0.717, 1.165) is 0 Å². The maximum atomic E-state index is 12.9. The molecule has 5 N–H and O–H groups in total. The normalized spacial score (nSPS) is 11.3. The quantitative estimate of drug-likeness (QED) is 0.0803. The number of anilines is 3. The zero-order valence-corrected chi connectivity index (χ0v) is 27.5. The van der Waals surface area contributed by atoms with Gasteiger partial charge in [-0.3, -0.25) is 9.52 Å². The first-order valence-electron chi connectivity index (χ1n) is 12.4. The van der Waals surface area contributed by atoms with Crippen LogP contribution in [0, 0.1) is 11.8 Å². The van der Waals surface area contributed by atoms with Crippen molar-refractivity contribution in [1.29, 1.82) is 0 Å². The summed E-state index contributed by atoms with van der Waals surface area (Å²) in [5.74, 6) is 5.55. The summed E-state index contributed by atoms with van der Waals surface area (Å²) in [6.07, 6.45) is 1.27. The van der Waals surface area contributed by atoms with Gasteiger partial charge < -0.3 is 16.2 Å². The molecule has 0 amide bonds. The molecule has 44 heavy (non-hydrogen) atoms. The Kier molecular flexibility index (Phi) is 10.6. The van der Waals surface area contributed by atoms with Crippen LogP contribution in [0.4, 0.5) is 16.0 Å². The van der Waals surface area contributed by atoms with Gasteiger partial charge in [-0.2, -0.15) is 0 Å². The van der Waals surface area contributed by atoms with Gasteiger partial charge in [0, 0.05) is 28.5 Å². The van der Waals surface area contributed by atoms with E-state index < -0.39 is 19.1 Å².